The molecule has 4 nitrogen and oxygen atoms in total. The molecule has 0 unspecified atom stereocenters. The van der Waals surface area contributed by atoms with Crippen LogP contribution < -0.4 is 0 Å². The predicted molar refractivity (Wildman–Crippen MR) is 50.3 cm³/mol. The lowest BCUT2D eigenvalue weighted by Crippen LogP contribution is -1.98. The molecule has 1 aromatic heterocycles. The van der Waals surface area contributed by atoms with Gasteiger partial charge in [-0.2, -0.15) is 0 Å². The molecular formula is C10H12O4. The van der Waals surface area contributed by atoms with Gasteiger partial charge in [0.15, 0.2) is 0 Å². The number of rotatable bonds is 4. The van der Waals surface area contributed by atoms with Crippen molar-refractivity contribution in [3.8, 4) is 0 Å². The van der Waals surface area contributed by atoms with Gasteiger partial charge in [0.05, 0.1) is 6.61 Å². The number of hydrogen-bond acceptors (Lipinski definition) is 4. The second-order valence-electron chi connectivity index (χ2n) is 2.55. The first-order valence-corrected chi connectivity index (χ1v) is 4.30. The summed E-state index contributed by atoms with van der Waals surface area (Å²) < 4.78 is 9.80. The van der Waals surface area contributed by atoms with Crippen molar-refractivity contribution < 1.29 is 19.1 Å². The highest BCUT2D eigenvalue weighted by Gasteiger charge is 1.98. The molecule has 1 N–H and O–H groups in total. The molecule has 76 valence electrons. The van der Waals surface area contributed by atoms with E-state index in [0.29, 0.717) is 18.1 Å². The maximum Gasteiger partial charge on any atom is 0.330 e. The molecule has 0 amide bonds. The average Bonchev–Trinajstić information content (AvgIpc) is 2.63. The molecule has 0 spiro atoms. The molecule has 0 saturated carbocycles. The molecule has 1 rings (SSSR count). The van der Waals surface area contributed by atoms with Crippen molar-refractivity contribution in [1.82, 2.24) is 0 Å². The van der Waals surface area contributed by atoms with Gasteiger partial charge in [0.2, 0.25) is 0 Å². The van der Waals surface area contributed by atoms with E-state index in [1.54, 1.807) is 19.1 Å². The smallest absolute Gasteiger partial charge is 0.330 e. The molecule has 0 atom stereocenters. The molecule has 0 aromatic carbocycles. The van der Waals surface area contributed by atoms with Gasteiger partial charge in [-0.15, -0.1) is 0 Å². The van der Waals surface area contributed by atoms with Crippen LogP contribution in [0.4, 0.5) is 0 Å². The Labute approximate surface area is 81.8 Å². The number of esters is 1. The van der Waals surface area contributed by atoms with Gasteiger partial charge in [-0.25, -0.2) is 4.79 Å². The van der Waals surface area contributed by atoms with Crippen molar-refractivity contribution in [1.29, 1.82) is 0 Å². The lowest BCUT2D eigenvalue weighted by atomic mass is 10.4. The van der Waals surface area contributed by atoms with Crippen LogP contribution in [0.25, 0.3) is 6.08 Å². The van der Waals surface area contributed by atoms with Crippen molar-refractivity contribution in [2.75, 3.05) is 6.61 Å². The Morgan fingerprint density at radius 2 is 2.43 bits per heavy atom. The largest absolute Gasteiger partial charge is 0.463 e. The molecule has 0 aliphatic carbocycles. The summed E-state index contributed by atoms with van der Waals surface area (Å²) >= 11 is 0. The molecule has 1 heterocycles. The first kappa shape index (κ1) is 10.5. The van der Waals surface area contributed by atoms with Crippen LogP contribution in [-0.2, 0) is 16.1 Å². The number of furan rings is 1. The van der Waals surface area contributed by atoms with Gasteiger partial charge < -0.3 is 14.3 Å². The van der Waals surface area contributed by atoms with Gasteiger partial charge >= 0.3 is 5.97 Å². The van der Waals surface area contributed by atoms with Gasteiger partial charge in [-0.3, -0.25) is 0 Å². The molecule has 0 fully saturated rings. The molecule has 0 aliphatic rings. The fourth-order valence-electron chi connectivity index (χ4n) is 0.910. The van der Waals surface area contributed by atoms with E-state index in [-0.39, 0.29) is 6.61 Å². The van der Waals surface area contributed by atoms with Gasteiger partial charge in [0.25, 0.3) is 0 Å². The standard InChI is InChI=1S/C10H12O4/c1-2-13-10(12)6-5-8-3-4-9(7-11)14-8/h3-6,11H,2,7H2,1H3. The first-order valence-electron chi connectivity index (χ1n) is 4.30. The van der Waals surface area contributed by atoms with Gasteiger partial charge in [0, 0.05) is 6.08 Å². The summed E-state index contributed by atoms with van der Waals surface area (Å²) in [7, 11) is 0. The maximum atomic E-state index is 10.9. The van der Waals surface area contributed by atoms with E-state index in [0.717, 1.165) is 0 Å². The highest BCUT2D eigenvalue weighted by Crippen LogP contribution is 2.09. The fraction of sp³-hybridized carbons (Fsp3) is 0.300. The predicted octanol–water partition coefficient (Wildman–Crippen LogP) is 1.35. The third-order valence-electron chi connectivity index (χ3n) is 1.51. The number of aliphatic hydroxyl groups is 1. The molecule has 4 heteroatoms. The zero-order chi connectivity index (χ0) is 10.4. The summed E-state index contributed by atoms with van der Waals surface area (Å²) in [6, 6.07) is 3.31. The van der Waals surface area contributed by atoms with Crippen LogP contribution in [0.3, 0.4) is 0 Å². The Bertz CT molecular complexity index is 325. The third kappa shape index (κ3) is 3.06. The van der Waals surface area contributed by atoms with Crippen LogP contribution >= 0.6 is 0 Å². The Balaban J connectivity index is 2.55. The minimum absolute atomic E-state index is 0.146. The van der Waals surface area contributed by atoms with Crippen LogP contribution in [0.2, 0.25) is 0 Å². The number of carbonyl (C=O) groups is 1. The molecule has 0 aliphatic heterocycles. The summed E-state index contributed by atoms with van der Waals surface area (Å²) in [5.74, 6) is 0.574. The van der Waals surface area contributed by atoms with Crippen molar-refractivity contribution in [3.63, 3.8) is 0 Å². The monoisotopic (exact) mass is 196 g/mol. The Kier molecular flexibility index (Phi) is 3.94. The quantitative estimate of drug-likeness (QED) is 0.583. The SMILES string of the molecule is CCOC(=O)C=Cc1ccc(CO)o1. The van der Waals surface area contributed by atoms with E-state index >= 15 is 0 Å². The number of carbonyl (C=O) groups excluding carboxylic acids is 1. The highest BCUT2D eigenvalue weighted by molar-refractivity contribution is 5.86. The second kappa shape index (κ2) is 5.24. The van der Waals surface area contributed by atoms with E-state index in [2.05, 4.69) is 4.74 Å². The average molecular weight is 196 g/mol. The van der Waals surface area contributed by atoms with Crippen LogP contribution in [0.15, 0.2) is 22.6 Å². The van der Waals surface area contributed by atoms with E-state index in [1.807, 2.05) is 0 Å². The topological polar surface area (TPSA) is 59.7 Å². The zero-order valence-corrected chi connectivity index (χ0v) is 7.90. The summed E-state index contributed by atoms with van der Waals surface area (Å²) in [4.78, 5) is 10.9. The van der Waals surface area contributed by atoms with Crippen LogP contribution in [0.1, 0.15) is 18.4 Å². The fourth-order valence-corrected chi connectivity index (χ4v) is 0.910. The summed E-state index contributed by atoms with van der Waals surface area (Å²) in [6.07, 6.45) is 2.78. The zero-order valence-electron chi connectivity index (χ0n) is 7.90. The first-order chi connectivity index (χ1) is 6.76. The van der Waals surface area contributed by atoms with E-state index in [9.17, 15) is 4.79 Å². The van der Waals surface area contributed by atoms with Gasteiger partial charge in [-0.05, 0) is 25.1 Å². The van der Waals surface area contributed by atoms with Crippen molar-refractivity contribution in [2.24, 2.45) is 0 Å². The summed E-state index contributed by atoms with van der Waals surface area (Å²) in [5.41, 5.74) is 0. The van der Waals surface area contributed by atoms with Crippen molar-refractivity contribution in [2.45, 2.75) is 13.5 Å². The van der Waals surface area contributed by atoms with Gasteiger partial charge in [0.1, 0.15) is 18.1 Å². The lowest BCUT2D eigenvalue weighted by molar-refractivity contribution is -0.137. The molecular weight excluding hydrogens is 184 g/mol. The number of hydrogen-bond donors (Lipinski definition) is 1. The Morgan fingerprint density at radius 3 is 3.00 bits per heavy atom. The van der Waals surface area contributed by atoms with Gasteiger partial charge in [-0.1, -0.05) is 0 Å². The van der Waals surface area contributed by atoms with Crippen molar-refractivity contribution >= 4 is 12.0 Å². The van der Waals surface area contributed by atoms with E-state index in [1.165, 1.54) is 12.2 Å². The Hall–Kier alpha value is -1.55. The lowest BCUT2D eigenvalue weighted by Gasteiger charge is -1.93. The molecule has 0 saturated heterocycles. The third-order valence-corrected chi connectivity index (χ3v) is 1.51. The highest BCUT2D eigenvalue weighted by atomic mass is 16.5. The maximum absolute atomic E-state index is 10.9. The molecule has 0 bridgehead atoms. The molecule has 0 radical (unpaired) electrons. The minimum atomic E-state index is -0.408. The van der Waals surface area contributed by atoms with Crippen LogP contribution in [0, 0.1) is 0 Å². The number of ether oxygens (including phenoxy) is 1. The second-order valence-corrected chi connectivity index (χ2v) is 2.55. The number of aliphatic hydroxyl groups excluding tert-OH is 1. The minimum Gasteiger partial charge on any atom is -0.463 e. The van der Waals surface area contributed by atoms with Crippen LogP contribution in [-0.4, -0.2) is 17.7 Å². The molecule has 14 heavy (non-hydrogen) atoms. The summed E-state index contributed by atoms with van der Waals surface area (Å²) in [5, 5.41) is 8.70. The van der Waals surface area contributed by atoms with E-state index < -0.39 is 5.97 Å². The normalized spacial score (nSPS) is 10.7. The Morgan fingerprint density at radius 1 is 1.64 bits per heavy atom. The van der Waals surface area contributed by atoms with Crippen molar-refractivity contribution in [3.05, 3.63) is 29.7 Å². The molecule has 1 aromatic rings. The van der Waals surface area contributed by atoms with Crippen LogP contribution in [0.5, 0.6) is 0 Å². The summed E-state index contributed by atoms with van der Waals surface area (Å²) in [6.45, 7) is 1.94. The van der Waals surface area contributed by atoms with E-state index in [4.69, 9.17) is 9.52 Å².